The lowest BCUT2D eigenvalue weighted by atomic mass is 10.1. The molecule has 0 bridgehead atoms. The first-order valence-electron chi connectivity index (χ1n) is 6.96. The molecule has 1 atom stereocenters. The van der Waals surface area contributed by atoms with Crippen molar-refractivity contribution < 1.29 is 5.21 Å². The molecule has 3 N–H and O–H groups in total. The fourth-order valence-corrected chi connectivity index (χ4v) is 1.89. The van der Waals surface area contributed by atoms with E-state index in [2.05, 4.69) is 29.0 Å². The molecule has 1 aromatic heterocycles. The first kappa shape index (κ1) is 16.2. The first-order valence-corrected chi connectivity index (χ1v) is 6.96. The zero-order valence-corrected chi connectivity index (χ0v) is 13.0. The fourth-order valence-electron chi connectivity index (χ4n) is 1.89. The molecule has 1 heterocycles. The Balaban J connectivity index is 3.00. The summed E-state index contributed by atoms with van der Waals surface area (Å²) in [6.07, 6.45) is 0. The molecule has 0 fully saturated rings. The van der Waals surface area contributed by atoms with Gasteiger partial charge in [-0.15, -0.1) is 0 Å². The summed E-state index contributed by atoms with van der Waals surface area (Å²) in [4.78, 5) is 11.2. The van der Waals surface area contributed by atoms with Crippen LogP contribution < -0.4 is 10.6 Å². The number of oxime groups is 1. The van der Waals surface area contributed by atoms with Gasteiger partial charge in [-0.1, -0.05) is 25.9 Å². The van der Waals surface area contributed by atoms with E-state index in [-0.39, 0.29) is 11.8 Å². The number of aromatic nitrogens is 2. The number of nitrogens with zero attached hydrogens (tertiary/aromatic N) is 4. The largest absolute Gasteiger partial charge is 0.409 e. The van der Waals surface area contributed by atoms with Crippen molar-refractivity contribution in [2.24, 2.45) is 16.8 Å². The van der Waals surface area contributed by atoms with Gasteiger partial charge in [-0.05, 0) is 25.8 Å². The van der Waals surface area contributed by atoms with E-state index in [1.165, 1.54) is 0 Å². The summed E-state index contributed by atoms with van der Waals surface area (Å²) in [5, 5.41) is 11.8. The van der Waals surface area contributed by atoms with Crippen molar-refractivity contribution in [1.29, 1.82) is 0 Å². The van der Waals surface area contributed by atoms with Gasteiger partial charge in [0.15, 0.2) is 0 Å². The van der Waals surface area contributed by atoms with Gasteiger partial charge in [0.25, 0.3) is 0 Å². The van der Waals surface area contributed by atoms with Crippen LogP contribution in [0, 0.1) is 12.8 Å². The van der Waals surface area contributed by atoms with Crippen LogP contribution in [0.25, 0.3) is 0 Å². The van der Waals surface area contributed by atoms with Crippen molar-refractivity contribution in [2.75, 3.05) is 18.0 Å². The van der Waals surface area contributed by atoms with Crippen LogP contribution in [0.4, 0.5) is 5.95 Å². The lowest BCUT2D eigenvalue weighted by Crippen LogP contribution is -2.36. The molecule has 0 aromatic carbocycles. The molecule has 0 spiro atoms. The Labute approximate surface area is 120 Å². The maximum Gasteiger partial charge on any atom is 0.225 e. The van der Waals surface area contributed by atoms with E-state index < -0.39 is 0 Å². The smallest absolute Gasteiger partial charge is 0.225 e. The summed E-state index contributed by atoms with van der Waals surface area (Å²) < 4.78 is 0. The predicted molar refractivity (Wildman–Crippen MR) is 81.3 cm³/mol. The fraction of sp³-hybridized carbons (Fsp3) is 0.643. The Morgan fingerprint density at radius 3 is 2.55 bits per heavy atom. The Hall–Kier alpha value is -1.85. The monoisotopic (exact) mass is 279 g/mol. The van der Waals surface area contributed by atoms with Crippen LogP contribution in [-0.4, -0.2) is 34.1 Å². The minimum atomic E-state index is -0.0634. The molecule has 0 saturated heterocycles. The zero-order chi connectivity index (χ0) is 15.3. The molecule has 0 amide bonds. The van der Waals surface area contributed by atoms with Crippen LogP contribution in [0.2, 0.25) is 0 Å². The van der Waals surface area contributed by atoms with Crippen molar-refractivity contribution in [3.8, 4) is 0 Å². The number of nitrogens with two attached hydrogens (primary N) is 1. The highest BCUT2D eigenvalue weighted by Gasteiger charge is 2.16. The molecular formula is C14H25N5O. The van der Waals surface area contributed by atoms with Gasteiger partial charge in [-0.2, -0.15) is 0 Å². The zero-order valence-electron chi connectivity index (χ0n) is 13.0. The van der Waals surface area contributed by atoms with Crippen molar-refractivity contribution >= 4 is 11.8 Å². The van der Waals surface area contributed by atoms with Crippen LogP contribution in [-0.2, 0) is 0 Å². The van der Waals surface area contributed by atoms with Crippen molar-refractivity contribution in [1.82, 2.24) is 9.97 Å². The molecule has 0 aliphatic heterocycles. The molecule has 0 radical (unpaired) electrons. The minimum absolute atomic E-state index is 0.0634. The van der Waals surface area contributed by atoms with E-state index in [4.69, 9.17) is 10.9 Å². The van der Waals surface area contributed by atoms with Gasteiger partial charge in [-0.25, -0.2) is 9.97 Å². The van der Waals surface area contributed by atoms with Crippen LogP contribution in [0.5, 0.6) is 0 Å². The Bertz CT molecular complexity index is 473. The first-order chi connectivity index (χ1) is 9.38. The van der Waals surface area contributed by atoms with Gasteiger partial charge in [0.05, 0.1) is 0 Å². The molecule has 112 valence electrons. The van der Waals surface area contributed by atoms with Crippen LogP contribution in [0.15, 0.2) is 11.2 Å². The topological polar surface area (TPSA) is 87.6 Å². The third-order valence-electron chi connectivity index (χ3n) is 3.23. The highest BCUT2D eigenvalue weighted by molar-refractivity contribution is 5.82. The van der Waals surface area contributed by atoms with E-state index in [1.54, 1.807) is 0 Å². The van der Waals surface area contributed by atoms with E-state index in [0.29, 0.717) is 18.4 Å². The molecule has 6 heteroatoms. The van der Waals surface area contributed by atoms with Gasteiger partial charge in [0.1, 0.15) is 5.84 Å². The molecular weight excluding hydrogens is 254 g/mol. The molecule has 1 aromatic rings. The molecule has 0 aliphatic carbocycles. The van der Waals surface area contributed by atoms with Gasteiger partial charge in [0, 0.05) is 30.4 Å². The summed E-state index contributed by atoms with van der Waals surface area (Å²) in [5.74, 6) is 1.22. The molecule has 20 heavy (non-hydrogen) atoms. The normalized spacial score (nSPS) is 13.6. The maximum atomic E-state index is 8.74. The highest BCUT2D eigenvalue weighted by atomic mass is 16.4. The van der Waals surface area contributed by atoms with E-state index in [0.717, 1.165) is 17.9 Å². The van der Waals surface area contributed by atoms with E-state index >= 15 is 0 Å². The van der Waals surface area contributed by atoms with Crippen LogP contribution in [0.1, 0.15) is 45.0 Å². The third-order valence-corrected chi connectivity index (χ3v) is 3.23. The SMILES string of the molecule is CCN(CC(C)/C(N)=N/O)c1nc(C)cc(C(C)C)n1. The standard InChI is InChI=1S/C14H25N5O/c1-6-19(8-10(4)13(15)18-20)14-16-11(5)7-12(17-14)9(2)3/h7,9-10,20H,6,8H2,1-5H3,(H2,15,18). The maximum absolute atomic E-state index is 8.74. The minimum Gasteiger partial charge on any atom is -0.409 e. The highest BCUT2D eigenvalue weighted by Crippen LogP contribution is 2.17. The number of hydrogen-bond donors (Lipinski definition) is 2. The number of amidine groups is 1. The Morgan fingerprint density at radius 2 is 2.05 bits per heavy atom. The Morgan fingerprint density at radius 1 is 1.40 bits per heavy atom. The molecule has 1 unspecified atom stereocenters. The second-order valence-corrected chi connectivity index (χ2v) is 5.35. The third kappa shape index (κ3) is 4.08. The summed E-state index contributed by atoms with van der Waals surface area (Å²) in [6.45, 7) is 11.5. The predicted octanol–water partition coefficient (Wildman–Crippen LogP) is 2.12. The summed E-state index contributed by atoms with van der Waals surface area (Å²) >= 11 is 0. The lowest BCUT2D eigenvalue weighted by molar-refractivity contribution is 0.314. The molecule has 0 saturated carbocycles. The van der Waals surface area contributed by atoms with Crippen LogP contribution >= 0.6 is 0 Å². The van der Waals surface area contributed by atoms with Gasteiger partial charge in [0.2, 0.25) is 5.95 Å². The van der Waals surface area contributed by atoms with Gasteiger partial charge in [-0.3, -0.25) is 0 Å². The molecule has 0 aliphatic rings. The second kappa shape index (κ2) is 7.07. The van der Waals surface area contributed by atoms with Crippen LogP contribution in [0.3, 0.4) is 0 Å². The van der Waals surface area contributed by atoms with Crippen molar-refractivity contribution in [2.45, 2.75) is 40.5 Å². The number of hydrogen-bond acceptors (Lipinski definition) is 5. The lowest BCUT2D eigenvalue weighted by Gasteiger charge is -2.25. The summed E-state index contributed by atoms with van der Waals surface area (Å²) in [7, 11) is 0. The Kier molecular flexibility index (Phi) is 5.73. The molecule has 1 rings (SSSR count). The van der Waals surface area contributed by atoms with E-state index in [9.17, 15) is 0 Å². The van der Waals surface area contributed by atoms with Crippen molar-refractivity contribution in [3.63, 3.8) is 0 Å². The number of aryl methyl sites for hydroxylation is 1. The van der Waals surface area contributed by atoms with E-state index in [1.807, 2.05) is 31.7 Å². The summed E-state index contributed by atoms with van der Waals surface area (Å²) in [5.41, 5.74) is 7.62. The average molecular weight is 279 g/mol. The van der Waals surface area contributed by atoms with Gasteiger partial charge >= 0.3 is 0 Å². The number of rotatable bonds is 6. The quantitative estimate of drug-likeness (QED) is 0.360. The number of anilines is 1. The summed E-state index contributed by atoms with van der Waals surface area (Å²) in [6, 6.07) is 2.01. The second-order valence-electron chi connectivity index (χ2n) is 5.35. The van der Waals surface area contributed by atoms with Gasteiger partial charge < -0.3 is 15.8 Å². The average Bonchev–Trinajstić information content (AvgIpc) is 2.42. The molecule has 6 nitrogen and oxygen atoms in total. The van der Waals surface area contributed by atoms with Crippen molar-refractivity contribution in [3.05, 3.63) is 17.5 Å².